The van der Waals surface area contributed by atoms with Crippen molar-refractivity contribution in [2.75, 3.05) is 0 Å². The van der Waals surface area contributed by atoms with Gasteiger partial charge in [0, 0.05) is 5.03 Å². The van der Waals surface area contributed by atoms with Crippen LogP contribution in [0.4, 0.5) is 0 Å². The minimum absolute atomic E-state index is 0.0220. The summed E-state index contributed by atoms with van der Waals surface area (Å²) in [6, 6.07) is 4.80. The Bertz CT molecular complexity index is 433. The van der Waals surface area contributed by atoms with Crippen molar-refractivity contribution in [1.82, 2.24) is 0 Å². The molecule has 1 N–H and O–H groups in total. The first-order chi connectivity index (χ1) is 7.04. The molecule has 0 aliphatic carbocycles. The Morgan fingerprint density at radius 2 is 2.20 bits per heavy atom. The molecule has 1 aromatic rings. The number of benzene rings is 1. The van der Waals surface area contributed by atoms with Crippen molar-refractivity contribution in [3.8, 4) is 5.75 Å². The molecule has 0 aliphatic heterocycles. The number of carbonyl (C=O) groups is 1. The summed E-state index contributed by atoms with van der Waals surface area (Å²) in [6.07, 6.45) is 2.31. The molecule has 78 valence electrons. The van der Waals surface area contributed by atoms with Crippen molar-refractivity contribution < 1.29 is 9.90 Å². The number of carbonyl (C=O) groups excluding carboxylic acids is 1. The van der Waals surface area contributed by atoms with E-state index < -0.39 is 0 Å². The second-order valence-corrected chi connectivity index (χ2v) is 3.65. The molecule has 0 unspecified atom stereocenters. The van der Waals surface area contributed by atoms with Crippen LogP contribution >= 0.6 is 11.6 Å². The van der Waals surface area contributed by atoms with E-state index >= 15 is 0 Å². The molecule has 0 fully saturated rings. The second kappa shape index (κ2) is 4.80. The van der Waals surface area contributed by atoms with Crippen LogP contribution in [0.2, 0.25) is 0 Å². The van der Waals surface area contributed by atoms with E-state index in [4.69, 9.17) is 11.6 Å². The first kappa shape index (κ1) is 11.5. The van der Waals surface area contributed by atoms with Crippen molar-refractivity contribution in [3.05, 3.63) is 47.0 Å². The van der Waals surface area contributed by atoms with Crippen molar-refractivity contribution >= 4 is 23.5 Å². The van der Waals surface area contributed by atoms with Crippen molar-refractivity contribution in [3.63, 3.8) is 0 Å². The van der Waals surface area contributed by atoms with Gasteiger partial charge in [-0.25, -0.2) is 0 Å². The minimum Gasteiger partial charge on any atom is -0.507 e. The quantitative estimate of drug-likeness (QED) is 0.629. The zero-order valence-corrected chi connectivity index (χ0v) is 9.08. The summed E-state index contributed by atoms with van der Waals surface area (Å²) in [4.78, 5) is 10.6. The average molecular weight is 223 g/mol. The van der Waals surface area contributed by atoms with Gasteiger partial charge in [0.25, 0.3) is 0 Å². The lowest BCUT2D eigenvalue weighted by molar-refractivity contribution is 0.112. The molecular formula is C12H11ClO2. The van der Waals surface area contributed by atoms with Crippen LogP contribution in [-0.2, 0) is 0 Å². The summed E-state index contributed by atoms with van der Waals surface area (Å²) in [6.45, 7) is 5.41. The van der Waals surface area contributed by atoms with E-state index in [9.17, 15) is 9.90 Å². The molecular weight excluding hydrogens is 212 g/mol. The lowest BCUT2D eigenvalue weighted by atomic mass is 10.0. The van der Waals surface area contributed by atoms with Crippen LogP contribution in [0.25, 0.3) is 5.57 Å². The Hall–Kier alpha value is -1.54. The molecule has 0 spiro atoms. The van der Waals surface area contributed by atoms with Gasteiger partial charge in [0.2, 0.25) is 0 Å². The lowest BCUT2D eigenvalue weighted by Gasteiger charge is -2.03. The van der Waals surface area contributed by atoms with E-state index in [1.54, 1.807) is 18.2 Å². The van der Waals surface area contributed by atoms with Gasteiger partial charge in [-0.3, -0.25) is 4.79 Å². The monoisotopic (exact) mass is 222 g/mol. The van der Waals surface area contributed by atoms with E-state index in [1.807, 2.05) is 6.92 Å². The number of aldehydes is 1. The number of allylic oxidation sites excluding steroid dienone is 3. The van der Waals surface area contributed by atoms with Crippen LogP contribution in [0.15, 0.2) is 35.9 Å². The summed E-state index contributed by atoms with van der Waals surface area (Å²) in [5.41, 5.74) is 1.98. The zero-order valence-electron chi connectivity index (χ0n) is 8.33. The second-order valence-electron chi connectivity index (χ2n) is 3.17. The van der Waals surface area contributed by atoms with Crippen LogP contribution in [0.1, 0.15) is 22.8 Å². The van der Waals surface area contributed by atoms with Gasteiger partial charge >= 0.3 is 0 Å². The minimum atomic E-state index is -0.0220. The first-order valence-electron chi connectivity index (χ1n) is 4.36. The first-order valence-corrected chi connectivity index (χ1v) is 4.73. The Balaban J connectivity index is 3.16. The third-order valence-corrected chi connectivity index (χ3v) is 2.09. The Kier molecular flexibility index (Phi) is 3.69. The van der Waals surface area contributed by atoms with Gasteiger partial charge in [-0.1, -0.05) is 24.2 Å². The highest BCUT2D eigenvalue weighted by molar-refractivity contribution is 6.31. The smallest absolute Gasteiger partial charge is 0.153 e. The summed E-state index contributed by atoms with van der Waals surface area (Å²) in [7, 11) is 0. The molecule has 3 heteroatoms. The van der Waals surface area contributed by atoms with E-state index in [1.165, 1.54) is 6.07 Å². The van der Waals surface area contributed by atoms with Gasteiger partial charge in [0.1, 0.15) is 5.75 Å². The maximum Gasteiger partial charge on any atom is 0.153 e. The standard InChI is InChI=1S/C12H11ClO2/c1-8(5-9(2)13)10-3-4-12(15)11(6-10)7-14/h3-7,15H,2H2,1H3/b8-5+. The molecule has 0 radical (unpaired) electrons. The fourth-order valence-corrected chi connectivity index (χ4v) is 1.38. The molecule has 1 aromatic carbocycles. The Morgan fingerprint density at radius 1 is 1.53 bits per heavy atom. The topological polar surface area (TPSA) is 37.3 Å². The fraction of sp³-hybridized carbons (Fsp3) is 0.0833. The molecule has 0 aromatic heterocycles. The summed E-state index contributed by atoms with van der Waals surface area (Å²) in [5, 5.41) is 9.73. The van der Waals surface area contributed by atoms with Crippen molar-refractivity contribution in [1.29, 1.82) is 0 Å². The summed E-state index contributed by atoms with van der Waals surface area (Å²) in [5.74, 6) is -0.0220. The fourth-order valence-electron chi connectivity index (χ4n) is 1.21. The van der Waals surface area contributed by atoms with Gasteiger partial charge < -0.3 is 5.11 Å². The van der Waals surface area contributed by atoms with E-state index in [0.717, 1.165) is 11.1 Å². The van der Waals surface area contributed by atoms with Crippen LogP contribution < -0.4 is 0 Å². The van der Waals surface area contributed by atoms with Gasteiger partial charge in [-0.15, -0.1) is 0 Å². The molecule has 0 saturated heterocycles. The number of halogens is 1. The highest BCUT2D eigenvalue weighted by atomic mass is 35.5. The summed E-state index contributed by atoms with van der Waals surface area (Å²) < 4.78 is 0. The number of hydrogen-bond donors (Lipinski definition) is 1. The maximum absolute atomic E-state index is 10.6. The molecule has 1 rings (SSSR count). The van der Waals surface area contributed by atoms with Crippen molar-refractivity contribution in [2.45, 2.75) is 6.92 Å². The number of rotatable bonds is 3. The largest absolute Gasteiger partial charge is 0.507 e. The van der Waals surface area contributed by atoms with Gasteiger partial charge in [0.05, 0.1) is 5.56 Å². The Morgan fingerprint density at radius 3 is 2.73 bits per heavy atom. The summed E-state index contributed by atoms with van der Waals surface area (Å²) >= 11 is 5.64. The maximum atomic E-state index is 10.6. The molecule has 0 amide bonds. The average Bonchev–Trinajstić information content (AvgIpc) is 2.17. The molecule has 0 aliphatic rings. The third kappa shape index (κ3) is 2.96. The number of hydrogen-bond acceptors (Lipinski definition) is 2. The molecule has 0 bridgehead atoms. The van der Waals surface area contributed by atoms with Crippen LogP contribution in [0.3, 0.4) is 0 Å². The van der Waals surface area contributed by atoms with Gasteiger partial charge in [-0.2, -0.15) is 0 Å². The van der Waals surface area contributed by atoms with Crippen LogP contribution in [0, 0.1) is 0 Å². The highest BCUT2D eigenvalue weighted by Crippen LogP contribution is 2.22. The SMILES string of the molecule is C=C(Cl)/C=C(\C)c1ccc(O)c(C=O)c1. The Labute approximate surface area is 93.5 Å². The normalized spacial score (nSPS) is 11.2. The third-order valence-electron chi connectivity index (χ3n) is 1.98. The predicted molar refractivity (Wildman–Crippen MR) is 62.1 cm³/mol. The van der Waals surface area contributed by atoms with Gasteiger partial charge in [-0.05, 0) is 36.3 Å². The van der Waals surface area contributed by atoms with E-state index in [-0.39, 0.29) is 11.3 Å². The highest BCUT2D eigenvalue weighted by Gasteiger charge is 2.02. The van der Waals surface area contributed by atoms with E-state index in [0.29, 0.717) is 11.3 Å². The number of phenols is 1. The lowest BCUT2D eigenvalue weighted by Crippen LogP contribution is -1.86. The predicted octanol–water partition coefficient (Wildman–Crippen LogP) is 3.36. The van der Waals surface area contributed by atoms with Crippen LogP contribution in [0.5, 0.6) is 5.75 Å². The zero-order chi connectivity index (χ0) is 11.4. The van der Waals surface area contributed by atoms with E-state index in [2.05, 4.69) is 6.58 Å². The molecule has 0 heterocycles. The van der Waals surface area contributed by atoms with Gasteiger partial charge in [0.15, 0.2) is 6.29 Å². The van der Waals surface area contributed by atoms with Crippen molar-refractivity contribution in [2.24, 2.45) is 0 Å². The molecule has 0 saturated carbocycles. The number of phenolic OH excluding ortho intramolecular Hbond substituents is 1. The number of aromatic hydroxyl groups is 1. The molecule has 15 heavy (non-hydrogen) atoms. The molecule has 2 nitrogen and oxygen atoms in total. The molecule has 0 atom stereocenters. The van der Waals surface area contributed by atoms with Crippen LogP contribution in [-0.4, -0.2) is 11.4 Å².